The summed E-state index contributed by atoms with van der Waals surface area (Å²) in [5.41, 5.74) is 3.35. The Bertz CT molecular complexity index is 300. The van der Waals surface area contributed by atoms with Crippen molar-refractivity contribution in [1.29, 1.82) is 0 Å². The molecule has 1 nitrogen and oxygen atoms in total. The number of phenolic OH excluding ortho intramolecular Hbond substituents is 1. The van der Waals surface area contributed by atoms with E-state index < -0.39 is 0 Å². The van der Waals surface area contributed by atoms with Crippen LogP contribution in [0.5, 0.6) is 5.75 Å². The molecule has 64 valence electrons. The lowest BCUT2D eigenvalue weighted by atomic mass is 10.00. The first-order chi connectivity index (χ1) is 5.65. The van der Waals surface area contributed by atoms with E-state index in [1.807, 2.05) is 13.0 Å². The van der Waals surface area contributed by atoms with Gasteiger partial charge in [-0.1, -0.05) is 19.6 Å². The second-order valence-electron chi connectivity index (χ2n) is 2.96. The minimum Gasteiger partial charge on any atom is -0.508 e. The molecule has 1 aromatic rings. The Morgan fingerprint density at radius 1 is 1.50 bits per heavy atom. The van der Waals surface area contributed by atoms with Gasteiger partial charge in [0.2, 0.25) is 0 Å². The molecule has 0 saturated carbocycles. The first-order valence-electron chi connectivity index (χ1n) is 4.13. The highest BCUT2D eigenvalue weighted by atomic mass is 16.3. The van der Waals surface area contributed by atoms with Gasteiger partial charge < -0.3 is 5.11 Å². The van der Waals surface area contributed by atoms with Crippen LogP contribution in [-0.2, 0) is 0 Å². The van der Waals surface area contributed by atoms with Crippen LogP contribution in [0.25, 0.3) is 5.57 Å². The third-order valence-electron chi connectivity index (χ3n) is 2.02. The van der Waals surface area contributed by atoms with Crippen LogP contribution in [0.15, 0.2) is 24.8 Å². The summed E-state index contributed by atoms with van der Waals surface area (Å²) in [7, 11) is 0. The molecule has 0 fully saturated rings. The number of hydrogen-bond acceptors (Lipinski definition) is 1. The van der Waals surface area contributed by atoms with E-state index in [4.69, 9.17) is 5.11 Å². The van der Waals surface area contributed by atoms with Gasteiger partial charge in [0.05, 0.1) is 0 Å². The molecule has 0 radical (unpaired) electrons. The number of allylic oxidation sites excluding steroid dienone is 1. The molecule has 0 atom stereocenters. The van der Waals surface area contributed by atoms with E-state index >= 15 is 0 Å². The molecule has 0 aliphatic carbocycles. The van der Waals surface area contributed by atoms with Crippen LogP contribution in [0, 0.1) is 6.92 Å². The van der Waals surface area contributed by atoms with Gasteiger partial charge in [0, 0.05) is 0 Å². The van der Waals surface area contributed by atoms with Gasteiger partial charge in [0.1, 0.15) is 5.75 Å². The topological polar surface area (TPSA) is 20.2 Å². The average Bonchev–Trinajstić information content (AvgIpc) is 2.03. The highest BCUT2D eigenvalue weighted by Crippen LogP contribution is 2.23. The van der Waals surface area contributed by atoms with Gasteiger partial charge in [-0.05, 0) is 42.2 Å². The fourth-order valence-electron chi connectivity index (χ4n) is 1.23. The highest BCUT2D eigenvalue weighted by molar-refractivity contribution is 5.66. The van der Waals surface area contributed by atoms with Crippen LogP contribution in [-0.4, -0.2) is 5.11 Å². The predicted octanol–water partition coefficient (Wildman–Crippen LogP) is 3.12. The van der Waals surface area contributed by atoms with Crippen LogP contribution < -0.4 is 0 Å². The number of aryl methyl sites for hydroxylation is 1. The molecule has 0 unspecified atom stereocenters. The first-order valence-corrected chi connectivity index (χ1v) is 4.13. The third kappa shape index (κ3) is 1.67. The summed E-state index contributed by atoms with van der Waals surface area (Å²) in [4.78, 5) is 0. The Labute approximate surface area is 73.4 Å². The zero-order chi connectivity index (χ0) is 9.14. The maximum absolute atomic E-state index is 9.16. The minimum absolute atomic E-state index is 0.320. The first kappa shape index (κ1) is 8.85. The molecule has 0 amide bonds. The molecule has 0 aliphatic rings. The van der Waals surface area contributed by atoms with E-state index in [1.165, 1.54) is 0 Å². The Balaban J connectivity index is 3.09. The van der Waals surface area contributed by atoms with Crippen LogP contribution in [0.2, 0.25) is 0 Å². The SMILES string of the molecule is C=C(CC)c1ccc(O)cc1C. The molecule has 12 heavy (non-hydrogen) atoms. The molecule has 0 aliphatic heterocycles. The maximum atomic E-state index is 9.16. The molecule has 0 spiro atoms. The van der Waals surface area contributed by atoms with Gasteiger partial charge in [-0.3, -0.25) is 0 Å². The molecule has 0 heterocycles. The summed E-state index contributed by atoms with van der Waals surface area (Å²) in [6.07, 6.45) is 0.950. The normalized spacial score (nSPS) is 9.83. The van der Waals surface area contributed by atoms with Crippen molar-refractivity contribution in [1.82, 2.24) is 0 Å². The molecule has 0 aromatic heterocycles. The second-order valence-corrected chi connectivity index (χ2v) is 2.96. The van der Waals surface area contributed by atoms with Crippen LogP contribution in [0.4, 0.5) is 0 Å². The monoisotopic (exact) mass is 162 g/mol. The molecule has 0 bridgehead atoms. The van der Waals surface area contributed by atoms with Gasteiger partial charge in [0.15, 0.2) is 0 Å². The van der Waals surface area contributed by atoms with Gasteiger partial charge >= 0.3 is 0 Å². The second kappa shape index (κ2) is 3.44. The van der Waals surface area contributed by atoms with Crippen molar-refractivity contribution in [3.63, 3.8) is 0 Å². The lowest BCUT2D eigenvalue weighted by Gasteiger charge is -2.06. The molecule has 1 N–H and O–H groups in total. The Kier molecular flexibility index (Phi) is 2.54. The predicted molar refractivity (Wildman–Crippen MR) is 52.2 cm³/mol. The largest absolute Gasteiger partial charge is 0.508 e. The van der Waals surface area contributed by atoms with Crippen molar-refractivity contribution in [3.05, 3.63) is 35.9 Å². The van der Waals surface area contributed by atoms with Gasteiger partial charge in [-0.15, -0.1) is 0 Å². The highest BCUT2D eigenvalue weighted by Gasteiger charge is 2.00. The number of hydrogen-bond donors (Lipinski definition) is 1. The molecule has 1 rings (SSSR count). The minimum atomic E-state index is 0.320. The van der Waals surface area contributed by atoms with E-state index in [0.29, 0.717) is 5.75 Å². The van der Waals surface area contributed by atoms with Gasteiger partial charge in [-0.25, -0.2) is 0 Å². The summed E-state index contributed by atoms with van der Waals surface area (Å²) in [5, 5.41) is 9.16. The van der Waals surface area contributed by atoms with Crippen molar-refractivity contribution < 1.29 is 5.11 Å². The molecular formula is C11H14O. The van der Waals surface area contributed by atoms with Crippen molar-refractivity contribution in [3.8, 4) is 5.75 Å². The summed E-state index contributed by atoms with van der Waals surface area (Å²) < 4.78 is 0. The van der Waals surface area contributed by atoms with E-state index in [0.717, 1.165) is 23.1 Å². The molecule has 0 saturated heterocycles. The quantitative estimate of drug-likeness (QED) is 0.708. The number of phenols is 1. The molecule has 1 heteroatoms. The lowest BCUT2D eigenvalue weighted by molar-refractivity contribution is 0.475. The summed E-state index contributed by atoms with van der Waals surface area (Å²) in [6.45, 7) is 8.01. The Morgan fingerprint density at radius 2 is 2.17 bits per heavy atom. The number of benzene rings is 1. The van der Waals surface area contributed by atoms with E-state index in [9.17, 15) is 0 Å². The lowest BCUT2D eigenvalue weighted by Crippen LogP contribution is -1.85. The summed E-state index contributed by atoms with van der Waals surface area (Å²) in [6, 6.07) is 5.37. The van der Waals surface area contributed by atoms with Crippen molar-refractivity contribution in [2.45, 2.75) is 20.3 Å². The molecule has 1 aromatic carbocycles. The van der Waals surface area contributed by atoms with E-state index in [1.54, 1.807) is 12.1 Å². The summed E-state index contributed by atoms with van der Waals surface area (Å²) >= 11 is 0. The van der Waals surface area contributed by atoms with Crippen LogP contribution in [0.3, 0.4) is 0 Å². The fourth-order valence-corrected chi connectivity index (χ4v) is 1.23. The summed E-state index contributed by atoms with van der Waals surface area (Å²) in [5.74, 6) is 0.320. The number of aromatic hydroxyl groups is 1. The number of rotatable bonds is 2. The van der Waals surface area contributed by atoms with Crippen LogP contribution >= 0.6 is 0 Å². The Hall–Kier alpha value is -1.24. The van der Waals surface area contributed by atoms with Gasteiger partial charge in [0.25, 0.3) is 0 Å². The fraction of sp³-hybridized carbons (Fsp3) is 0.273. The standard InChI is InChI=1S/C11H14O/c1-4-8(2)11-6-5-10(12)7-9(11)3/h5-7,12H,2,4H2,1,3H3. The van der Waals surface area contributed by atoms with Gasteiger partial charge in [-0.2, -0.15) is 0 Å². The zero-order valence-electron chi connectivity index (χ0n) is 7.59. The average molecular weight is 162 g/mol. The van der Waals surface area contributed by atoms with E-state index in [2.05, 4.69) is 13.5 Å². The van der Waals surface area contributed by atoms with E-state index in [-0.39, 0.29) is 0 Å². The van der Waals surface area contributed by atoms with Crippen LogP contribution in [0.1, 0.15) is 24.5 Å². The molecular weight excluding hydrogens is 148 g/mol. The zero-order valence-corrected chi connectivity index (χ0v) is 7.59. The third-order valence-corrected chi connectivity index (χ3v) is 2.02. The van der Waals surface area contributed by atoms with Crippen molar-refractivity contribution in [2.75, 3.05) is 0 Å². The maximum Gasteiger partial charge on any atom is 0.115 e. The van der Waals surface area contributed by atoms with Crippen molar-refractivity contribution >= 4 is 5.57 Å². The Morgan fingerprint density at radius 3 is 2.67 bits per heavy atom. The smallest absolute Gasteiger partial charge is 0.115 e. The van der Waals surface area contributed by atoms with Crippen molar-refractivity contribution in [2.24, 2.45) is 0 Å².